The monoisotopic (exact) mass is 456 g/mol. The van der Waals surface area contributed by atoms with Crippen molar-refractivity contribution in [3.8, 4) is 0 Å². The predicted octanol–water partition coefficient (Wildman–Crippen LogP) is 3.33. The van der Waals surface area contributed by atoms with Gasteiger partial charge in [-0.05, 0) is 51.9 Å². The Kier molecular flexibility index (Phi) is 7.03. The number of rotatable bonds is 5. The van der Waals surface area contributed by atoms with E-state index in [1.165, 1.54) is 0 Å². The van der Waals surface area contributed by atoms with Crippen LogP contribution in [-0.2, 0) is 16.0 Å². The van der Waals surface area contributed by atoms with Crippen LogP contribution >= 0.6 is 11.3 Å². The lowest BCUT2D eigenvalue weighted by molar-refractivity contribution is -0.141. The Hall–Kier alpha value is -2.55. The van der Waals surface area contributed by atoms with Crippen molar-refractivity contribution >= 4 is 34.1 Å². The lowest BCUT2D eigenvalue weighted by Gasteiger charge is -2.37. The van der Waals surface area contributed by atoms with Gasteiger partial charge in [0.2, 0.25) is 11.8 Å². The van der Waals surface area contributed by atoms with Gasteiger partial charge in [-0.1, -0.05) is 0 Å². The van der Waals surface area contributed by atoms with E-state index in [0.717, 1.165) is 72.5 Å². The van der Waals surface area contributed by atoms with Crippen LogP contribution in [0, 0.1) is 25.7 Å². The van der Waals surface area contributed by atoms with Gasteiger partial charge in [0.15, 0.2) is 5.13 Å². The van der Waals surface area contributed by atoms with Crippen molar-refractivity contribution in [1.29, 1.82) is 0 Å². The molecule has 2 saturated heterocycles. The van der Waals surface area contributed by atoms with Crippen LogP contribution in [0.25, 0.3) is 0 Å². The third-order valence-electron chi connectivity index (χ3n) is 6.37. The first-order valence-electron chi connectivity index (χ1n) is 11.5. The number of aryl methyl sites for hydroxylation is 2. The van der Waals surface area contributed by atoms with Gasteiger partial charge >= 0.3 is 0 Å². The number of anilines is 2. The number of hydrogen-bond donors (Lipinski definition) is 1. The van der Waals surface area contributed by atoms with E-state index >= 15 is 0 Å². The van der Waals surface area contributed by atoms with Crippen LogP contribution in [0.5, 0.6) is 0 Å². The normalized spacial score (nSPS) is 19.8. The third kappa shape index (κ3) is 5.62. The number of piperidine rings is 2. The van der Waals surface area contributed by atoms with Gasteiger partial charge in [-0.15, -0.1) is 11.3 Å². The van der Waals surface area contributed by atoms with Crippen LogP contribution < -0.4 is 5.32 Å². The molecule has 2 aliphatic heterocycles. The minimum absolute atomic E-state index is 0.0446. The fourth-order valence-electron chi connectivity index (χ4n) is 4.75. The third-order valence-corrected chi connectivity index (χ3v) is 7.19. The van der Waals surface area contributed by atoms with Crippen molar-refractivity contribution < 1.29 is 9.59 Å². The summed E-state index contributed by atoms with van der Waals surface area (Å²) in [5.74, 6) is 2.31. The number of hydrogen-bond acceptors (Lipinski definition) is 7. The van der Waals surface area contributed by atoms with E-state index < -0.39 is 0 Å². The molecule has 0 spiro atoms. The molecule has 32 heavy (non-hydrogen) atoms. The lowest BCUT2D eigenvalue weighted by Crippen LogP contribution is -2.47. The molecule has 0 bridgehead atoms. The second-order valence-corrected chi connectivity index (χ2v) is 10.2. The molecule has 2 aliphatic rings. The maximum Gasteiger partial charge on any atom is 0.225 e. The molecule has 2 aromatic heterocycles. The first-order valence-corrected chi connectivity index (χ1v) is 12.3. The number of carbonyl (C=O) groups is 2. The van der Waals surface area contributed by atoms with E-state index in [1.807, 2.05) is 35.9 Å². The van der Waals surface area contributed by atoms with E-state index in [-0.39, 0.29) is 17.7 Å². The molecule has 2 fully saturated rings. The highest BCUT2D eigenvalue weighted by molar-refractivity contribution is 7.15. The van der Waals surface area contributed by atoms with Crippen LogP contribution in [0.4, 0.5) is 10.9 Å². The minimum atomic E-state index is 0.0446. The highest BCUT2D eigenvalue weighted by Crippen LogP contribution is 2.26. The zero-order valence-corrected chi connectivity index (χ0v) is 20.0. The molecule has 2 amide bonds. The highest BCUT2D eigenvalue weighted by Gasteiger charge is 2.32. The van der Waals surface area contributed by atoms with Crippen molar-refractivity contribution in [2.45, 2.75) is 52.9 Å². The van der Waals surface area contributed by atoms with Crippen molar-refractivity contribution in [3.63, 3.8) is 0 Å². The molecule has 4 rings (SSSR count). The summed E-state index contributed by atoms with van der Waals surface area (Å²) in [5.41, 5.74) is 1.00. The van der Waals surface area contributed by atoms with Gasteiger partial charge in [-0.3, -0.25) is 9.59 Å². The van der Waals surface area contributed by atoms with E-state index in [1.54, 1.807) is 18.3 Å². The van der Waals surface area contributed by atoms with Crippen molar-refractivity contribution in [2.75, 3.05) is 31.5 Å². The van der Waals surface area contributed by atoms with Gasteiger partial charge < -0.3 is 15.1 Å². The second-order valence-electron chi connectivity index (χ2n) is 8.97. The number of nitrogens with one attached hydrogen (secondary N) is 1. The lowest BCUT2D eigenvalue weighted by atomic mass is 9.90. The Morgan fingerprint density at radius 3 is 2.59 bits per heavy atom. The predicted molar refractivity (Wildman–Crippen MR) is 125 cm³/mol. The Labute approximate surface area is 193 Å². The first-order chi connectivity index (χ1) is 15.4. The number of aromatic nitrogens is 3. The molecule has 1 atom stereocenters. The van der Waals surface area contributed by atoms with Crippen molar-refractivity contribution in [3.05, 3.63) is 28.7 Å². The molecule has 2 aromatic rings. The summed E-state index contributed by atoms with van der Waals surface area (Å²) in [6.07, 6.45) is 6.35. The molecule has 0 aromatic carbocycles. The average molecular weight is 457 g/mol. The number of likely N-dealkylation sites (tertiary alicyclic amines) is 2. The highest BCUT2D eigenvalue weighted by atomic mass is 32.1. The van der Waals surface area contributed by atoms with Gasteiger partial charge in [-0.2, -0.15) is 0 Å². The topological polar surface area (TPSA) is 91.3 Å². The Morgan fingerprint density at radius 1 is 1.12 bits per heavy atom. The molecule has 0 radical (unpaired) electrons. The zero-order valence-electron chi connectivity index (χ0n) is 19.1. The standard InChI is InChI=1S/C23H32N6O2S/c1-15-13-24-23(32-15)27-21-12-20(25-16(2)26-21)11-18-5-4-8-29(14-18)22(31)19-6-9-28(10-7-19)17(3)30/h12-13,18-19H,4-11,14H2,1-3H3,(H,24,25,26,27). The molecule has 1 N–H and O–H groups in total. The number of amides is 2. The fourth-order valence-corrected chi connectivity index (χ4v) is 5.42. The van der Waals surface area contributed by atoms with Gasteiger partial charge in [0.25, 0.3) is 0 Å². The maximum absolute atomic E-state index is 13.1. The Balaban J connectivity index is 1.35. The van der Waals surface area contributed by atoms with Gasteiger partial charge in [0.1, 0.15) is 11.6 Å². The van der Waals surface area contributed by atoms with Gasteiger partial charge in [0.05, 0.1) is 0 Å². The number of carbonyl (C=O) groups excluding carboxylic acids is 2. The fraction of sp³-hybridized carbons (Fsp3) is 0.609. The summed E-state index contributed by atoms with van der Waals surface area (Å²) in [5, 5.41) is 4.12. The zero-order chi connectivity index (χ0) is 22.7. The van der Waals surface area contributed by atoms with Crippen LogP contribution in [0.3, 0.4) is 0 Å². The minimum Gasteiger partial charge on any atom is -0.343 e. The summed E-state index contributed by atoms with van der Waals surface area (Å²) in [7, 11) is 0. The van der Waals surface area contributed by atoms with E-state index in [0.29, 0.717) is 19.0 Å². The molecule has 172 valence electrons. The van der Waals surface area contributed by atoms with Gasteiger partial charge in [0, 0.05) is 61.9 Å². The van der Waals surface area contributed by atoms with Crippen LogP contribution in [-0.4, -0.2) is 62.7 Å². The molecular formula is C23H32N6O2S. The quantitative estimate of drug-likeness (QED) is 0.742. The van der Waals surface area contributed by atoms with Crippen molar-refractivity contribution in [1.82, 2.24) is 24.8 Å². The summed E-state index contributed by atoms with van der Waals surface area (Å²) in [6.45, 7) is 8.54. The van der Waals surface area contributed by atoms with Crippen LogP contribution in [0.2, 0.25) is 0 Å². The first kappa shape index (κ1) is 22.6. The molecule has 8 nitrogen and oxygen atoms in total. The van der Waals surface area contributed by atoms with Crippen LogP contribution in [0.1, 0.15) is 49.0 Å². The smallest absolute Gasteiger partial charge is 0.225 e. The summed E-state index contributed by atoms with van der Waals surface area (Å²) in [4.78, 5) is 43.2. The van der Waals surface area contributed by atoms with E-state index in [4.69, 9.17) is 0 Å². The largest absolute Gasteiger partial charge is 0.343 e. The Morgan fingerprint density at radius 2 is 1.91 bits per heavy atom. The van der Waals surface area contributed by atoms with Crippen molar-refractivity contribution in [2.24, 2.45) is 11.8 Å². The molecule has 0 aliphatic carbocycles. The molecular weight excluding hydrogens is 424 g/mol. The van der Waals surface area contributed by atoms with Gasteiger partial charge in [-0.25, -0.2) is 15.0 Å². The maximum atomic E-state index is 13.1. The van der Waals surface area contributed by atoms with Crippen LogP contribution in [0.15, 0.2) is 12.3 Å². The number of thiazole rings is 1. The average Bonchev–Trinajstić information content (AvgIpc) is 3.17. The molecule has 4 heterocycles. The molecule has 1 unspecified atom stereocenters. The summed E-state index contributed by atoms with van der Waals surface area (Å²) >= 11 is 1.60. The summed E-state index contributed by atoms with van der Waals surface area (Å²) < 4.78 is 0. The van der Waals surface area contributed by atoms with E-state index in [9.17, 15) is 9.59 Å². The molecule has 0 saturated carbocycles. The SMILES string of the molecule is CC(=O)N1CCC(C(=O)N2CCCC(Cc3cc(Nc4ncc(C)s4)nc(C)n3)C2)CC1. The van der Waals surface area contributed by atoms with E-state index in [2.05, 4.69) is 20.3 Å². The number of nitrogens with zero attached hydrogens (tertiary/aromatic N) is 5. The Bertz CT molecular complexity index is 969. The second kappa shape index (κ2) is 9.94. The summed E-state index contributed by atoms with van der Waals surface area (Å²) in [6, 6.07) is 2.00. The molecule has 9 heteroatoms.